The van der Waals surface area contributed by atoms with Gasteiger partial charge < -0.3 is 0 Å². The van der Waals surface area contributed by atoms with Crippen LogP contribution < -0.4 is 0 Å². The van der Waals surface area contributed by atoms with Crippen LogP contribution in [0.15, 0.2) is 30.6 Å². The van der Waals surface area contributed by atoms with E-state index in [0.717, 1.165) is 12.1 Å². The third kappa shape index (κ3) is 1.70. The summed E-state index contributed by atoms with van der Waals surface area (Å²) in [5.74, 6) is -1.11. The van der Waals surface area contributed by atoms with Crippen LogP contribution in [0.3, 0.4) is 0 Å². The van der Waals surface area contributed by atoms with Gasteiger partial charge in [0, 0.05) is 12.1 Å². The zero-order valence-corrected chi connectivity index (χ0v) is 9.57. The normalized spacial score (nSPS) is 11.1. The molecule has 4 nitrogen and oxygen atoms in total. The fourth-order valence-corrected chi connectivity index (χ4v) is 1.77. The average Bonchev–Trinajstić information content (AvgIpc) is 2.72. The van der Waals surface area contributed by atoms with Crippen LogP contribution in [-0.2, 0) is 0 Å². The molecule has 0 bridgehead atoms. The lowest BCUT2D eigenvalue weighted by Gasteiger charge is -2.01. The predicted molar refractivity (Wildman–Crippen MR) is 61.1 cm³/mol. The summed E-state index contributed by atoms with van der Waals surface area (Å²) in [6, 6.07) is 4.75. The summed E-state index contributed by atoms with van der Waals surface area (Å²) in [4.78, 5) is 3.86. The van der Waals surface area contributed by atoms with E-state index in [2.05, 4.69) is 15.2 Å². The van der Waals surface area contributed by atoms with Crippen LogP contribution in [0, 0.1) is 11.6 Å². The Kier molecular flexibility index (Phi) is 2.45. The van der Waals surface area contributed by atoms with E-state index in [9.17, 15) is 8.78 Å². The molecule has 7 heteroatoms. The molecule has 2 heterocycles. The van der Waals surface area contributed by atoms with Crippen LogP contribution in [-0.4, -0.2) is 19.6 Å². The van der Waals surface area contributed by atoms with Crippen LogP contribution in [0.2, 0.25) is 5.15 Å². The van der Waals surface area contributed by atoms with Crippen molar-refractivity contribution in [1.82, 2.24) is 19.6 Å². The standard InChI is InChI=1S/C11H5ClF2N4/c12-9-4-10-16-17-11(18(10)5-15-9)7-2-1-6(13)3-8(7)14/h1-5H. The van der Waals surface area contributed by atoms with Gasteiger partial charge in [0.2, 0.25) is 0 Å². The van der Waals surface area contributed by atoms with Crippen molar-refractivity contribution in [3.05, 3.63) is 47.4 Å². The number of rotatable bonds is 1. The number of benzene rings is 1. The van der Waals surface area contributed by atoms with E-state index < -0.39 is 11.6 Å². The first-order valence-electron chi connectivity index (χ1n) is 4.97. The second-order valence-electron chi connectivity index (χ2n) is 3.59. The first-order valence-corrected chi connectivity index (χ1v) is 5.34. The zero-order valence-electron chi connectivity index (χ0n) is 8.81. The van der Waals surface area contributed by atoms with Gasteiger partial charge in [0.1, 0.15) is 23.1 Å². The Morgan fingerprint density at radius 3 is 2.72 bits per heavy atom. The summed E-state index contributed by atoms with van der Waals surface area (Å²) in [5.41, 5.74) is 0.585. The van der Waals surface area contributed by atoms with Crippen molar-refractivity contribution in [3.63, 3.8) is 0 Å². The summed E-state index contributed by atoms with van der Waals surface area (Å²) in [7, 11) is 0. The molecule has 0 unspecified atom stereocenters. The fraction of sp³-hybridized carbons (Fsp3) is 0. The molecule has 0 aliphatic heterocycles. The molecular weight excluding hydrogens is 262 g/mol. The van der Waals surface area contributed by atoms with Gasteiger partial charge in [-0.1, -0.05) is 11.6 Å². The first-order chi connectivity index (χ1) is 8.65. The van der Waals surface area contributed by atoms with E-state index in [1.54, 1.807) is 0 Å². The Hall–Kier alpha value is -2.08. The Morgan fingerprint density at radius 1 is 1.11 bits per heavy atom. The van der Waals surface area contributed by atoms with Crippen LogP contribution in [0.5, 0.6) is 0 Å². The summed E-state index contributed by atoms with van der Waals surface area (Å²) < 4.78 is 28.0. The SMILES string of the molecule is Fc1ccc(-c2nnc3cc(Cl)ncn23)c(F)c1. The Bertz CT molecular complexity index is 741. The second-order valence-corrected chi connectivity index (χ2v) is 3.97. The molecular formula is C11H5ClF2N4. The van der Waals surface area contributed by atoms with Crippen molar-refractivity contribution in [1.29, 1.82) is 0 Å². The molecule has 0 atom stereocenters. The first kappa shape index (κ1) is 11.0. The maximum Gasteiger partial charge on any atom is 0.172 e. The molecule has 3 rings (SSSR count). The summed E-state index contributed by atoms with van der Waals surface area (Å²) in [6.07, 6.45) is 1.38. The second kappa shape index (κ2) is 3.99. The molecule has 0 saturated heterocycles. The molecule has 0 amide bonds. The van der Waals surface area contributed by atoms with Crippen LogP contribution in [0.25, 0.3) is 17.0 Å². The molecule has 0 spiro atoms. The van der Waals surface area contributed by atoms with Crippen LogP contribution >= 0.6 is 11.6 Å². The molecule has 0 N–H and O–H groups in total. The highest BCUT2D eigenvalue weighted by molar-refractivity contribution is 6.29. The monoisotopic (exact) mass is 266 g/mol. The number of nitrogens with zero attached hydrogens (tertiary/aromatic N) is 4. The van der Waals surface area contributed by atoms with Crippen LogP contribution in [0.4, 0.5) is 8.78 Å². The lowest BCUT2D eigenvalue weighted by Crippen LogP contribution is -1.94. The maximum absolute atomic E-state index is 13.7. The van der Waals surface area contributed by atoms with Crippen molar-refractivity contribution in [2.75, 3.05) is 0 Å². The number of hydrogen-bond acceptors (Lipinski definition) is 3. The van der Waals surface area contributed by atoms with Gasteiger partial charge in [-0.15, -0.1) is 10.2 Å². The summed E-state index contributed by atoms with van der Waals surface area (Å²) in [6.45, 7) is 0. The molecule has 0 saturated carbocycles. The molecule has 0 aliphatic carbocycles. The van der Waals surface area contributed by atoms with Gasteiger partial charge in [0.25, 0.3) is 0 Å². The van der Waals surface area contributed by atoms with E-state index >= 15 is 0 Å². The van der Waals surface area contributed by atoms with Gasteiger partial charge in [-0.25, -0.2) is 13.8 Å². The molecule has 2 aromatic heterocycles. The topological polar surface area (TPSA) is 43.1 Å². The minimum atomic E-state index is -0.709. The van der Waals surface area contributed by atoms with E-state index in [-0.39, 0.29) is 16.5 Å². The quantitative estimate of drug-likeness (QED) is 0.636. The highest BCUT2D eigenvalue weighted by atomic mass is 35.5. The zero-order chi connectivity index (χ0) is 12.7. The average molecular weight is 267 g/mol. The lowest BCUT2D eigenvalue weighted by atomic mass is 10.2. The molecule has 0 aliphatic rings. The largest absolute Gasteiger partial charge is 0.265 e. The van der Waals surface area contributed by atoms with E-state index in [1.165, 1.54) is 22.9 Å². The number of aromatic nitrogens is 4. The third-order valence-corrected chi connectivity index (χ3v) is 2.65. The van der Waals surface area contributed by atoms with Gasteiger partial charge in [-0.2, -0.15) is 0 Å². The summed E-state index contributed by atoms with van der Waals surface area (Å²) >= 11 is 5.71. The lowest BCUT2D eigenvalue weighted by molar-refractivity contribution is 0.584. The van der Waals surface area contributed by atoms with Crippen molar-refractivity contribution in [3.8, 4) is 11.4 Å². The summed E-state index contributed by atoms with van der Waals surface area (Å²) in [5, 5.41) is 7.96. The van der Waals surface area contributed by atoms with Gasteiger partial charge in [-0.3, -0.25) is 4.40 Å². The fourth-order valence-electron chi connectivity index (χ4n) is 1.63. The molecule has 1 aromatic carbocycles. The molecule has 0 radical (unpaired) electrons. The smallest absolute Gasteiger partial charge is 0.172 e. The highest BCUT2D eigenvalue weighted by Crippen LogP contribution is 2.22. The van der Waals surface area contributed by atoms with Gasteiger partial charge in [-0.05, 0) is 12.1 Å². The van der Waals surface area contributed by atoms with Gasteiger partial charge >= 0.3 is 0 Å². The minimum Gasteiger partial charge on any atom is -0.265 e. The molecule has 18 heavy (non-hydrogen) atoms. The third-order valence-electron chi connectivity index (χ3n) is 2.44. The number of hydrogen-bond donors (Lipinski definition) is 0. The van der Waals surface area contributed by atoms with E-state index in [0.29, 0.717) is 5.65 Å². The van der Waals surface area contributed by atoms with E-state index in [4.69, 9.17) is 11.6 Å². The van der Waals surface area contributed by atoms with Crippen molar-refractivity contribution in [2.24, 2.45) is 0 Å². The highest BCUT2D eigenvalue weighted by Gasteiger charge is 2.13. The molecule has 0 fully saturated rings. The van der Waals surface area contributed by atoms with Crippen molar-refractivity contribution < 1.29 is 8.78 Å². The van der Waals surface area contributed by atoms with Gasteiger partial charge in [0.05, 0.1) is 5.56 Å². The van der Waals surface area contributed by atoms with E-state index in [1.807, 2.05) is 0 Å². The molecule has 90 valence electrons. The van der Waals surface area contributed by atoms with Gasteiger partial charge in [0.15, 0.2) is 11.5 Å². The predicted octanol–water partition coefficient (Wildman–Crippen LogP) is 2.72. The Morgan fingerprint density at radius 2 is 1.94 bits per heavy atom. The maximum atomic E-state index is 13.7. The Balaban J connectivity index is 2.25. The van der Waals surface area contributed by atoms with Crippen molar-refractivity contribution in [2.45, 2.75) is 0 Å². The Labute approximate surface area is 105 Å². The minimum absolute atomic E-state index is 0.146. The molecule has 3 aromatic rings. The van der Waals surface area contributed by atoms with Crippen molar-refractivity contribution >= 4 is 17.2 Å². The van der Waals surface area contributed by atoms with Crippen LogP contribution in [0.1, 0.15) is 0 Å². The number of fused-ring (bicyclic) bond motifs is 1. The number of halogens is 3.